The van der Waals surface area contributed by atoms with E-state index in [1.807, 2.05) is 0 Å². The second kappa shape index (κ2) is 4.53. The van der Waals surface area contributed by atoms with E-state index in [0.717, 1.165) is 18.4 Å². The minimum atomic E-state index is -0.949. The van der Waals surface area contributed by atoms with E-state index in [-0.39, 0.29) is 11.9 Å². The quantitative estimate of drug-likeness (QED) is 0.793. The summed E-state index contributed by atoms with van der Waals surface area (Å²) in [6.45, 7) is 0. The number of rotatable bonds is 5. The average molecular weight is 222 g/mol. The molecule has 4 heteroatoms. The number of ether oxygens (including phenoxy) is 1. The van der Waals surface area contributed by atoms with Gasteiger partial charge in [0.2, 0.25) is 0 Å². The number of benzene rings is 1. The molecule has 1 aliphatic carbocycles. The van der Waals surface area contributed by atoms with E-state index in [1.54, 1.807) is 24.3 Å². The molecule has 1 saturated carbocycles. The molecule has 1 atom stereocenters. The highest BCUT2D eigenvalue weighted by atomic mass is 16.5. The van der Waals surface area contributed by atoms with Crippen LogP contribution in [0.5, 0.6) is 5.75 Å². The van der Waals surface area contributed by atoms with Crippen molar-refractivity contribution in [3.63, 3.8) is 0 Å². The predicted molar refractivity (Wildman–Crippen MR) is 57.3 cm³/mol. The standard InChI is InChI=1S/C12H14O4/c13-9-3-1-2-8(6-9)7-11(12(14)15)16-10-4-5-10/h1-3,6,10-11,13H,4-5,7H2,(H,14,15)/t11-/m0/s1. The predicted octanol–water partition coefficient (Wildman–Crippen LogP) is 1.57. The second-order valence-corrected chi connectivity index (χ2v) is 4.04. The maximum absolute atomic E-state index is 11.0. The van der Waals surface area contributed by atoms with Gasteiger partial charge in [-0.05, 0) is 30.5 Å². The first-order valence-corrected chi connectivity index (χ1v) is 5.31. The summed E-state index contributed by atoms with van der Waals surface area (Å²) in [7, 11) is 0. The molecule has 16 heavy (non-hydrogen) atoms. The highest BCUT2D eigenvalue weighted by Crippen LogP contribution is 2.26. The highest BCUT2D eigenvalue weighted by Gasteiger charge is 2.29. The number of phenols is 1. The average Bonchev–Trinajstić information content (AvgIpc) is 3.00. The minimum absolute atomic E-state index is 0.110. The van der Waals surface area contributed by atoms with Gasteiger partial charge >= 0.3 is 5.97 Å². The van der Waals surface area contributed by atoms with E-state index in [4.69, 9.17) is 9.84 Å². The van der Waals surface area contributed by atoms with E-state index in [9.17, 15) is 9.90 Å². The summed E-state index contributed by atoms with van der Waals surface area (Å²) in [4.78, 5) is 11.0. The van der Waals surface area contributed by atoms with Crippen LogP contribution in [0.4, 0.5) is 0 Å². The third kappa shape index (κ3) is 2.97. The number of aliphatic carboxylic acids is 1. The van der Waals surface area contributed by atoms with Crippen LogP contribution in [0.2, 0.25) is 0 Å². The van der Waals surface area contributed by atoms with Gasteiger partial charge in [0.15, 0.2) is 6.10 Å². The van der Waals surface area contributed by atoms with Crippen LogP contribution in [-0.4, -0.2) is 28.4 Å². The molecule has 0 radical (unpaired) electrons. The lowest BCUT2D eigenvalue weighted by Crippen LogP contribution is -2.27. The fraction of sp³-hybridized carbons (Fsp3) is 0.417. The number of hydrogen-bond acceptors (Lipinski definition) is 3. The fourth-order valence-electron chi connectivity index (χ4n) is 1.53. The van der Waals surface area contributed by atoms with Crippen molar-refractivity contribution in [2.24, 2.45) is 0 Å². The molecule has 2 N–H and O–H groups in total. The lowest BCUT2D eigenvalue weighted by atomic mass is 10.1. The monoisotopic (exact) mass is 222 g/mol. The number of phenolic OH excluding ortho intramolecular Hbond substituents is 1. The molecule has 0 unspecified atom stereocenters. The van der Waals surface area contributed by atoms with Gasteiger partial charge < -0.3 is 14.9 Å². The number of aromatic hydroxyl groups is 1. The molecule has 0 aromatic heterocycles. The molecular formula is C12H14O4. The van der Waals surface area contributed by atoms with Gasteiger partial charge in [0, 0.05) is 6.42 Å². The largest absolute Gasteiger partial charge is 0.508 e. The zero-order chi connectivity index (χ0) is 11.5. The number of hydrogen-bond donors (Lipinski definition) is 2. The van der Waals surface area contributed by atoms with Crippen molar-refractivity contribution < 1.29 is 19.7 Å². The van der Waals surface area contributed by atoms with Crippen molar-refractivity contribution in [2.45, 2.75) is 31.5 Å². The Labute approximate surface area is 93.5 Å². The van der Waals surface area contributed by atoms with Crippen LogP contribution in [0.3, 0.4) is 0 Å². The first-order chi connectivity index (χ1) is 7.65. The lowest BCUT2D eigenvalue weighted by molar-refractivity contribution is -0.151. The molecule has 1 fully saturated rings. The molecule has 0 aliphatic heterocycles. The van der Waals surface area contributed by atoms with Gasteiger partial charge in [-0.15, -0.1) is 0 Å². The summed E-state index contributed by atoms with van der Waals surface area (Å²) < 4.78 is 5.39. The summed E-state index contributed by atoms with van der Waals surface area (Å²) in [5.74, 6) is -0.802. The van der Waals surface area contributed by atoms with Gasteiger partial charge in [-0.25, -0.2) is 4.79 Å². The van der Waals surface area contributed by atoms with Gasteiger partial charge in [0.05, 0.1) is 6.10 Å². The van der Waals surface area contributed by atoms with Crippen LogP contribution in [-0.2, 0) is 16.0 Å². The number of carbonyl (C=O) groups is 1. The maximum atomic E-state index is 11.0. The van der Waals surface area contributed by atoms with Gasteiger partial charge in [-0.1, -0.05) is 12.1 Å². The van der Waals surface area contributed by atoms with Crippen molar-refractivity contribution in [1.82, 2.24) is 0 Å². The zero-order valence-corrected chi connectivity index (χ0v) is 8.80. The molecule has 0 spiro atoms. The van der Waals surface area contributed by atoms with Crippen LogP contribution < -0.4 is 0 Å². The van der Waals surface area contributed by atoms with Crippen LogP contribution in [0.25, 0.3) is 0 Å². The molecule has 1 aromatic carbocycles. The highest BCUT2D eigenvalue weighted by molar-refractivity contribution is 5.72. The first-order valence-electron chi connectivity index (χ1n) is 5.31. The summed E-state index contributed by atoms with van der Waals surface area (Å²) in [6.07, 6.45) is 1.49. The lowest BCUT2D eigenvalue weighted by Gasteiger charge is -2.13. The Kier molecular flexibility index (Phi) is 3.10. The SMILES string of the molecule is O=C(O)[C@H](Cc1cccc(O)c1)OC1CC1. The molecule has 1 aromatic rings. The van der Waals surface area contributed by atoms with E-state index >= 15 is 0 Å². The van der Waals surface area contributed by atoms with Crippen molar-refractivity contribution in [3.05, 3.63) is 29.8 Å². The van der Waals surface area contributed by atoms with E-state index in [1.165, 1.54) is 0 Å². The molecular weight excluding hydrogens is 208 g/mol. The van der Waals surface area contributed by atoms with E-state index in [2.05, 4.69) is 0 Å². The normalized spacial score (nSPS) is 17.0. The molecule has 0 heterocycles. The smallest absolute Gasteiger partial charge is 0.333 e. The van der Waals surface area contributed by atoms with Crippen molar-refractivity contribution in [3.8, 4) is 5.75 Å². The van der Waals surface area contributed by atoms with Crippen LogP contribution >= 0.6 is 0 Å². The fourth-order valence-corrected chi connectivity index (χ4v) is 1.53. The van der Waals surface area contributed by atoms with Gasteiger partial charge in [0.25, 0.3) is 0 Å². The first kappa shape index (κ1) is 11.0. The van der Waals surface area contributed by atoms with Crippen LogP contribution in [0.1, 0.15) is 18.4 Å². The van der Waals surface area contributed by atoms with Crippen molar-refractivity contribution in [2.75, 3.05) is 0 Å². The summed E-state index contributed by atoms with van der Waals surface area (Å²) >= 11 is 0. The molecule has 0 saturated heterocycles. The van der Waals surface area contributed by atoms with Gasteiger partial charge in [-0.3, -0.25) is 0 Å². The molecule has 86 valence electrons. The van der Waals surface area contributed by atoms with E-state index < -0.39 is 12.1 Å². The topological polar surface area (TPSA) is 66.8 Å². The summed E-state index contributed by atoms with van der Waals surface area (Å²) in [6, 6.07) is 6.60. The van der Waals surface area contributed by atoms with Crippen LogP contribution in [0.15, 0.2) is 24.3 Å². The second-order valence-electron chi connectivity index (χ2n) is 4.04. The molecule has 0 bridgehead atoms. The third-order valence-corrected chi connectivity index (χ3v) is 2.49. The third-order valence-electron chi connectivity index (χ3n) is 2.49. The summed E-state index contributed by atoms with van der Waals surface area (Å²) in [5.41, 5.74) is 0.771. The Bertz CT molecular complexity index is 384. The van der Waals surface area contributed by atoms with Crippen molar-refractivity contribution >= 4 is 5.97 Å². The van der Waals surface area contributed by atoms with Gasteiger partial charge in [0.1, 0.15) is 5.75 Å². The van der Waals surface area contributed by atoms with E-state index in [0.29, 0.717) is 6.42 Å². The Hall–Kier alpha value is -1.55. The molecule has 2 rings (SSSR count). The molecule has 0 amide bonds. The Balaban J connectivity index is 2.01. The maximum Gasteiger partial charge on any atom is 0.333 e. The Morgan fingerprint density at radius 3 is 2.81 bits per heavy atom. The number of carboxylic acids is 1. The van der Waals surface area contributed by atoms with Crippen molar-refractivity contribution in [1.29, 1.82) is 0 Å². The van der Waals surface area contributed by atoms with Gasteiger partial charge in [-0.2, -0.15) is 0 Å². The van der Waals surface area contributed by atoms with Crippen LogP contribution in [0, 0.1) is 0 Å². The Morgan fingerprint density at radius 1 is 1.50 bits per heavy atom. The Morgan fingerprint density at radius 2 is 2.25 bits per heavy atom. The summed E-state index contributed by atoms with van der Waals surface area (Å²) in [5, 5.41) is 18.3. The molecule has 1 aliphatic rings. The molecule has 4 nitrogen and oxygen atoms in total. The zero-order valence-electron chi connectivity index (χ0n) is 8.80. The number of carboxylic acid groups (broad SMARTS) is 1. The minimum Gasteiger partial charge on any atom is -0.508 e.